The van der Waals surface area contributed by atoms with E-state index in [9.17, 15) is 0 Å². The van der Waals surface area contributed by atoms with E-state index in [-0.39, 0.29) is 5.82 Å². The van der Waals surface area contributed by atoms with Crippen molar-refractivity contribution < 1.29 is 4.39 Å². The second-order valence-corrected chi connectivity index (χ2v) is 8.39. The van der Waals surface area contributed by atoms with Crippen molar-refractivity contribution in [2.45, 2.75) is 38.5 Å². The summed E-state index contributed by atoms with van der Waals surface area (Å²) in [6.07, 6.45) is 8.92. The van der Waals surface area contributed by atoms with Crippen molar-refractivity contribution in [3.63, 3.8) is 0 Å². The molecule has 2 nitrogen and oxygen atoms in total. The zero-order chi connectivity index (χ0) is 23.0. The molecule has 0 spiro atoms. The van der Waals surface area contributed by atoms with Gasteiger partial charge in [0.25, 0.3) is 0 Å². The minimum absolute atomic E-state index is 0.135. The van der Waals surface area contributed by atoms with E-state index in [1.165, 1.54) is 11.1 Å². The molecule has 0 bridgehead atoms. The van der Waals surface area contributed by atoms with Crippen LogP contribution in [-0.2, 0) is 32.1 Å². The summed E-state index contributed by atoms with van der Waals surface area (Å²) in [5.41, 5.74) is 5.95. The van der Waals surface area contributed by atoms with Crippen molar-refractivity contribution in [2.75, 3.05) is 0 Å². The van der Waals surface area contributed by atoms with Crippen LogP contribution in [-0.4, -0.2) is 4.98 Å². The monoisotopic (exact) mass is 434 g/mol. The Hall–Kier alpha value is -3.77. The summed E-state index contributed by atoms with van der Waals surface area (Å²) in [5.74, 6) is -0.135. The van der Waals surface area contributed by atoms with Gasteiger partial charge in [0, 0.05) is 17.3 Å². The number of aromatic nitrogens is 1. The van der Waals surface area contributed by atoms with E-state index in [1.807, 2.05) is 48.7 Å². The van der Waals surface area contributed by atoms with Crippen LogP contribution in [0.25, 0.3) is 10.8 Å². The molecule has 3 heteroatoms. The number of aryl methyl sites for hydroxylation is 5. The van der Waals surface area contributed by atoms with Crippen molar-refractivity contribution in [3.05, 3.63) is 125 Å². The van der Waals surface area contributed by atoms with Gasteiger partial charge in [0.2, 0.25) is 0 Å². The number of rotatable bonds is 9. The lowest BCUT2D eigenvalue weighted by atomic mass is 9.97. The van der Waals surface area contributed by atoms with E-state index in [0.29, 0.717) is 17.4 Å². The Morgan fingerprint density at radius 2 is 1.58 bits per heavy atom. The van der Waals surface area contributed by atoms with Gasteiger partial charge < -0.3 is 0 Å². The molecule has 0 N–H and O–H groups in total. The second kappa shape index (κ2) is 10.7. The maximum Gasteiger partial charge on any atom is 0.134 e. The zero-order valence-corrected chi connectivity index (χ0v) is 18.7. The third kappa shape index (κ3) is 5.73. The molecule has 0 aliphatic carbocycles. The van der Waals surface area contributed by atoms with E-state index < -0.39 is 0 Å². The molecule has 0 saturated heterocycles. The van der Waals surface area contributed by atoms with Crippen LogP contribution in [0.2, 0.25) is 0 Å². The molecule has 1 heterocycles. The van der Waals surface area contributed by atoms with Gasteiger partial charge in [-0.3, -0.25) is 4.98 Å². The van der Waals surface area contributed by atoms with Crippen molar-refractivity contribution in [3.8, 4) is 6.07 Å². The third-order valence-corrected chi connectivity index (χ3v) is 6.06. The first-order chi connectivity index (χ1) is 16.2. The van der Waals surface area contributed by atoms with Crippen LogP contribution < -0.4 is 0 Å². The molecule has 4 aromatic rings. The van der Waals surface area contributed by atoms with Crippen LogP contribution in [0.4, 0.5) is 4.39 Å². The highest BCUT2D eigenvalue weighted by Crippen LogP contribution is 2.24. The van der Waals surface area contributed by atoms with Gasteiger partial charge >= 0.3 is 0 Å². The van der Waals surface area contributed by atoms with Crippen LogP contribution in [0.1, 0.15) is 39.9 Å². The van der Waals surface area contributed by atoms with Crippen LogP contribution >= 0.6 is 0 Å². The molecular weight excluding hydrogens is 407 g/mol. The standard InChI is InChI=1S/C30H27FN2/c1-2-3-4-25-11-17-28(33-21-25)16-10-23-12-18-29-27(19-23)15-14-26(30(29)31)13-9-22-5-7-24(20-32)8-6-22/h2,5-8,11-12,14-15,17-19,21H,1,3-4,9-10,13,16H2. The number of benzene rings is 3. The first-order valence-electron chi connectivity index (χ1n) is 11.4. The second-order valence-electron chi connectivity index (χ2n) is 8.39. The van der Waals surface area contributed by atoms with E-state index in [0.717, 1.165) is 54.3 Å². The fourth-order valence-corrected chi connectivity index (χ4v) is 4.05. The fourth-order valence-electron chi connectivity index (χ4n) is 4.05. The maximum atomic E-state index is 15.1. The van der Waals surface area contributed by atoms with Crippen LogP contribution in [0.5, 0.6) is 0 Å². The molecule has 0 radical (unpaired) electrons. The average Bonchev–Trinajstić information content (AvgIpc) is 2.86. The van der Waals surface area contributed by atoms with E-state index in [4.69, 9.17) is 5.26 Å². The van der Waals surface area contributed by atoms with Gasteiger partial charge in [-0.25, -0.2) is 4.39 Å². The quantitative estimate of drug-likeness (QED) is 0.268. The summed E-state index contributed by atoms with van der Waals surface area (Å²) < 4.78 is 15.1. The molecule has 1 aromatic heterocycles. The first kappa shape index (κ1) is 22.4. The van der Waals surface area contributed by atoms with E-state index >= 15 is 4.39 Å². The smallest absolute Gasteiger partial charge is 0.134 e. The highest BCUT2D eigenvalue weighted by molar-refractivity contribution is 5.84. The number of nitriles is 1. The topological polar surface area (TPSA) is 36.7 Å². The van der Waals surface area contributed by atoms with Gasteiger partial charge in [0.05, 0.1) is 11.6 Å². The molecule has 3 aromatic carbocycles. The lowest BCUT2D eigenvalue weighted by molar-refractivity contribution is 0.620. The Morgan fingerprint density at radius 3 is 2.30 bits per heavy atom. The number of pyridine rings is 1. The zero-order valence-electron chi connectivity index (χ0n) is 18.7. The molecule has 0 aliphatic heterocycles. The predicted molar refractivity (Wildman–Crippen MR) is 133 cm³/mol. The summed E-state index contributed by atoms with van der Waals surface area (Å²) in [6.45, 7) is 3.76. The van der Waals surface area contributed by atoms with Gasteiger partial charge in [-0.1, -0.05) is 54.6 Å². The number of hydrogen-bond acceptors (Lipinski definition) is 2. The van der Waals surface area contributed by atoms with Crippen molar-refractivity contribution in [1.29, 1.82) is 5.26 Å². The molecule has 0 amide bonds. The normalized spacial score (nSPS) is 10.8. The van der Waals surface area contributed by atoms with Crippen LogP contribution in [0, 0.1) is 17.1 Å². The number of hydrogen-bond donors (Lipinski definition) is 0. The lowest BCUT2D eigenvalue weighted by Gasteiger charge is -2.09. The number of nitrogens with zero attached hydrogens (tertiary/aromatic N) is 2. The molecule has 0 atom stereocenters. The van der Waals surface area contributed by atoms with E-state index in [2.05, 4.69) is 35.8 Å². The van der Waals surface area contributed by atoms with Gasteiger partial charge in [0.15, 0.2) is 0 Å². The highest BCUT2D eigenvalue weighted by Gasteiger charge is 2.09. The predicted octanol–water partition coefficient (Wildman–Crippen LogP) is 6.93. The number of allylic oxidation sites excluding steroid dienone is 1. The summed E-state index contributed by atoms with van der Waals surface area (Å²) in [7, 11) is 0. The fraction of sp³-hybridized carbons (Fsp3) is 0.200. The summed E-state index contributed by atoms with van der Waals surface area (Å²) in [5, 5.41) is 10.5. The van der Waals surface area contributed by atoms with Crippen molar-refractivity contribution in [1.82, 2.24) is 4.98 Å². The molecule has 164 valence electrons. The van der Waals surface area contributed by atoms with E-state index in [1.54, 1.807) is 12.1 Å². The third-order valence-electron chi connectivity index (χ3n) is 6.06. The van der Waals surface area contributed by atoms with Gasteiger partial charge in [-0.2, -0.15) is 5.26 Å². The lowest BCUT2D eigenvalue weighted by Crippen LogP contribution is -1.98. The van der Waals surface area contributed by atoms with Gasteiger partial charge in [-0.05, 0) is 84.4 Å². The molecule has 0 fully saturated rings. The molecular formula is C30H27FN2. The minimum Gasteiger partial charge on any atom is -0.261 e. The molecule has 0 unspecified atom stereocenters. The minimum atomic E-state index is -0.135. The molecule has 33 heavy (non-hydrogen) atoms. The summed E-state index contributed by atoms with van der Waals surface area (Å²) in [4.78, 5) is 4.58. The van der Waals surface area contributed by atoms with Crippen LogP contribution in [0.15, 0.2) is 85.6 Å². The SMILES string of the molecule is C=CCCc1ccc(CCc2ccc3c(F)c(CCc4ccc(C#N)cc4)ccc3c2)nc1. The first-order valence-corrected chi connectivity index (χ1v) is 11.4. The summed E-state index contributed by atoms with van der Waals surface area (Å²) >= 11 is 0. The number of halogens is 1. The van der Waals surface area contributed by atoms with Crippen LogP contribution in [0.3, 0.4) is 0 Å². The van der Waals surface area contributed by atoms with Crippen molar-refractivity contribution in [2.24, 2.45) is 0 Å². The average molecular weight is 435 g/mol. The van der Waals surface area contributed by atoms with Gasteiger partial charge in [0.1, 0.15) is 5.82 Å². The maximum absolute atomic E-state index is 15.1. The Bertz CT molecular complexity index is 1280. The molecule has 0 saturated carbocycles. The highest BCUT2D eigenvalue weighted by atomic mass is 19.1. The Balaban J connectivity index is 1.40. The molecule has 0 aliphatic rings. The Kier molecular flexibility index (Phi) is 7.27. The summed E-state index contributed by atoms with van der Waals surface area (Å²) in [6, 6.07) is 23.8. The Morgan fingerprint density at radius 1 is 0.818 bits per heavy atom. The largest absolute Gasteiger partial charge is 0.261 e. The van der Waals surface area contributed by atoms with Crippen molar-refractivity contribution >= 4 is 10.8 Å². The molecule has 4 rings (SSSR count). The van der Waals surface area contributed by atoms with Gasteiger partial charge in [-0.15, -0.1) is 6.58 Å². The number of fused-ring (bicyclic) bond motifs is 1. The Labute approximate surface area is 195 Å².